The molecular formula is C12H19N3O2. The number of aliphatic hydroxyl groups excluding tert-OH is 1. The lowest BCUT2D eigenvalue weighted by Crippen LogP contribution is -2.54. The van der Waals surface area contributed by atoms with Gasteiger partial charge in [0.15, 0.2) is 0 Å². The van der Waals surface area contributed by atoms with Crippen molar-refractivity contribution < 1.29 is 9.90 Å². The number of nitrogens with zero attached hydrogens (tertiary/aromatic N) is 2. The summed E-state index contributed by atoms with van der Waals surface area (Å²) in [5.74, 6) is 0.300. The van der Waals surface area contributed by atoms with Crippen LogP contribution in [0.3, 0.4) is 0 Å². The summed E-state index contributed by atoms with van der Waals surface area (Å²) in [6, 6.07) is 1.31. The van der Waals surface area contributed by atoms with Crippen LogP contribution < -0.4 is 5.73 Å². The maximum absolute atomic E-state index is 12.3. The van der Waals surface area contributed by atoms with Crippen molar-refractivity contribution in [3.63, 3.8) is 0 Å². The third-order valence-electron chi connectivity index (χ3n) is 4.02. The highest BCUT2D eigenvalue weighted by Gasteiger charge is 2.55. The predicted molar refractivity (Wildman–Crippen MR) is 61.6 cm³/mol. The van der Waals surface area contributed by atoms with Crippen molar-refractivity contribution in [2.45, 2.75) is 44.8 Å². The maximum Gasteiger partial charge on any atom is 0.241 e. The van der Waals surface area contributed by atoms with Gasteiger partial charge in [0, 0.05) is 11.5 Å². The van der Waals surface area contributed by atoms with E-state index in [-0.39, 0.29) is 24.6 Å². The summed E-state index contributed by atoms with van der Waals surface area (Å²) >= 11 is 0. The van der Waals surface area contributed by atoms with E-state index < -0.39 is 11.5 Å². The fourth-order valence-corrected chi connectivity index (χ4v) is 2.48. The minimum absolute atomic E-state index is 0.140. The van der Waals surface area contributed by atoms with Crippen LogP contribution in [-0.2, 0) is 4.79 Å². The van der Waals surface area contributed by atoms with E-state index in [9.17, 15) is 9.90 Å². The number of nitrogens with two attached hydrogens (primary N) is 1. The van der Waals surface area contributed by atoms with Crippen LogP contribution in [-0.4, -0.2) is 40.6 Å². The van der Waals surface area contributed by atoms with E-state index in [2.05, 4.69) is 6.07 Å². The van der Waals surface area contributed by atoms with Crippen molar-refractivity contribution >= 4 is 5.91 Å². The molecule has 4 unspecified atom stereocenters. The van der Waals surface area contributed by atoms with Gasteiger partial charge in [-0.3, -0.25) is 4.79 Å². The number of likely N-dealkylation sites (tertiary alicyclic amines) is 1. The Morgan fingerprint density at radius 3 is 2.82 bits per heavy atom. The number of carbonyl (C=O) groups excluding carboxylic acids is 1. The lowest BCUT2D eigenvalue weighted by atomic mass is 9.85. The Bertz CT molecular complexity index is 374. The average Bonchev–Trinajstić information content (AvgIpc) is 2.98. The predicted octanol–water partition coefficient (Wildman–Crippen LogP) is -0.155. The number of hydrogen-bond donors (Lipinski definition) is 2. The van der Waals surface area contributed by atoms with E-state index in [1.165, 1.54) is 0 Å². The smallest absolute Gasteiger partial charge is 0.241 e. The molecule has 1 saturated carbocycles. The van der Waals surface area contributed by atoms with Crippen LogP contribution in [0.2, 0.25) is 0 Å². The van der Waals surface area contributed by atoms with Crippen LogP contribution in [0.5, 0.6) is 0 Å². The van der Waals surface area contributed by atoms with Gasteiger partial charge in [0.25, 0.3) is 0 Å². The molecule has 94 valence electrons. The molecule has 4 atom stereocenters. The highest BCUT2D eigenvalue weighted by atomic mass is 16.3. The number of hydrogen-bond acceptors (Lipinski definition) is 4. The third-order valence-corrected chi connectivity index (χ3v) is 4.02. The number of nitriles is 1. The van der Waals surface area contributed by atoms with E-state index >= 15 is 0 Å². The van der Waals surface area contributed by atoms with Gasteiger partial charge in [-0.05, 0) is 18.8 Å². The van der Waals surface area contributed by atoms with Crippen LogP contribution >= 0.6 is 0 Å². The van der Waals surface area contributed by atoms with Gasteiger partial charge in [0.2, 0.25) is 5.91 Å². The number of piperidine rings is 1. The molecule has 1 aliphatic carbocycles. The Kier molecular flexibility index (Phi) is 2.88. The zero-order valence-electron chi connectivity index (χ0n) is 10.3. The molecule has 1 saturated heterocycles. The highest BCUT2D eigenvalue weighted by molar-refractivity contribution is 5.84. The van der Waals surface area contributed by atoms with Crippen molar-refractivity contribution in [2.75, 3.05) is 6.61 Å². The van der Waals surface area contributed by atoms with E-state index in [4.69, 9.17) is 11.0 Å². The van der Waals surface area contributed by atoms with Crippen molar-refractivity contribution in [2.24, 2.45) is 17.1 Å². The molecule has 0 bridgehead atoms. The molecule has 17 heavy (non-hydrogen) atoms. The minimum atomic E-state index is -0.748. The quantitative estimate of drug-likeness (QED) is 0.714. The Hall–Kier alpha value is -1.12. The molecule has 3 N–H and O–H groups in total. The normalized spacial score (nSPS) is 32.9. The number of fused-ring (bicyclic) bond motifs is 1. The molecule has 2 aliphatic rings. The molecule has 0 aromatic rings. The first-order valence-electron chi connectivity index (χ1n) is 6.00. The highest BCUT2D eigenvalue weighted by Crippen LogP contribution is 2.48. The largest absolute Gasteiger partial charge is 0.396 e. The Labute approximate surface area is 101 Å². The molecule has 2 fully saturated rings. The molecule has 5 heteroatoms. The number of aliphatic hydroxyl groups is 1. The van der Waals surface area contributed by atoms with Crippen molar-refractivity contribution in [1.82, 2.24) is 4.90 Å². The van der Waals surface area contributed by atoms with E-state index in [1.54, 1.807) is 18.7 Å². The van der Waals surface area contributed by atoms with Gasteiger partial charge >= 0.3 is 0 Å². The molecule has 2 rings (SSSR count). The molecule has 0 radical (unpaired) electrons. The monoisotopic (exact) mass is 237 g/mol. The van der Waals surface area contributed by atoms with E-state index in [0.29, 0.717) is 5.92 Å². The van der Waals surface area contributed by atoms with Gasteiger partial charge in [0.1, 0.15) is 6.04 Å². The van der Waals surface area contributed by atoms with Gasteiger partial charge in [0.05, 0.1) is 18.7 Å². The maximum atomic E-state index is 12.3. The first kappa shape index (κ1) is 12.3. The summed E-state index contributed by atoms with van der Waals surface area (Å²) in [5.41, 5.74) is 5.27. The summed E-state index contributed by atoms with van der Waals surface area (Å²) in [6.07, 6.45) is 1.77. The van der Waals surface area contributed by atoms with Gasteiger partial charge in [-0.2, -0.15) is 5.26 Å². The summed E-state index contributed by atoms with van der Waals surface area (Å²) in [4.78, 5) is 13.9. The fraction of sp³-hybridized carbons (Fsp3) is 0.833. The molecule has 0 aromatic carbocycles. The van der Waals surface area contributed by atoms with Crippen LogP contribution in [0, 0.1) is 22.7 Å². The average molecular weight is 237 g/mol. The van der Waals surface area contributed by atoms with Crippen molar-refractivity contribution in [3.8, 4) is 6.07 Å². The number of carbonyl (C=O) groups is 1. The third kappa shape index (κ3) is 1.92. The van der Waals surface area contributed by atoms with Gasteiger partial charge in [-0.1, -0.05) is 13.8 Å². The first-order chi connectivity index (χ1) is 7.92. The van der Waals surface area contributed by atoms with E-state index in [1.807, 2.05) is 0 Å². The topological polar surface area (TPSA) is 90.3 Å². The summed E-state index contributed by atoms with van der Waals surface area (Å²) in [6.45, 7) is 3.38. The van der Waals surface area contributed by atoms with Crippen molar-refractivity contribution in [3.05, 3.63) is 0 Å². The molecule has 1 aliphatic heterocycles. The van der Waals surface area contributed by atoms with Gasteiger partial charge in [-0.15, -0.1) is 0 Å². The SMILES string of the molecule is CC(C)(CO)C(N)C(=O)N1C(C#N)CC2CC21. The fourth-order valence-electron chi connectivity index (χ4n) is 2.48. The molecule has 5 nitrogen and oxygen atoms in total. The van der Waals surface area contributed by atoms with Crippen LogP contribution in [0.15, 0.2) is 0 Å². The lowest BCUT2D eigenvalue weighted by molar-refractivity contribution is -0.137. The Morgan fingerprint density at radius 2 is 2.29 bits per heavy atom. The molecular weight excluding hydrogens is 218 g/mol. The standard InChI is InChI=1S/C12H19N3O2/c1-12(2,6-16)10(14)11(17)15-8(5-13)3-7-4-9(7)15/h7-10,16H,3-4,6,14H2,1-2H3. The van der Waals surface area contributed by atoms with Gasteiger partial charge in [-0.25, -0.2) is 0 Å². The van der Waals surface area contributed by atoms with Crippen LogP contribution in [0.25, 0.3) is 0 Å². The molecule has 1 amide bonds. The number of rotatable bonds is 3. The zero-order chi connectivity index (χ0) is 12.8. The molecule has 0 spiro atoms. The van der Waals surface area contributed by atoms with Crippen LogP contribution in [0.4, 0.5) is 0 Å². The minimum Gasteiger partial charge on any atom is -0.396 e. The zero-order valence-corrected chi connectivity index (χ0v) is 10.3. The van der Waals surface area contributed by atoms with Gasteiger partial charge < -0.3 is 15.7 Å². The van der Waals surface area contributed by atoms with Crippen LogP contribution in [0.1, 0.15) is 26.7 Å². The second kappa shape index (κ2) is 3.97. The van der Waals surface area contributed by atoms with Crippen molar-refractivity contribution in [1.29, 1.82) is 5.26 Å². The summed E-state index contributed by atoms with van der Waals surface area (Å²) in [5, 5.41) is 18.3. The molecule has 1 heterocycles. The first-order valence-corrected chi connectivity index (χ1v) is 6.00. The lowest BCUT2D eigenvalue weighted by Gasteiger charge is -2.33. The molecule has 0 aromatic heterocycles. The second-order valence-corrected chi connectivity index (χ2v) is 5.81. The summed E-state index contributed by atoms with van der Waals surface area (Å²) in [7, 11) is 0. The summed E-state index contributed by atoms with van der Waals surface area (Å²) < 4.78 is 0. The van der Waals surface area contributed by atoms with E-state index in [0.717, 1.165) is 12.8 Å². The number of amides is 1. The second-order valence-electron chi connectivity index (χ2n) is 5.81. The Balaban J connectivity index is 2.12. The Morgan fingerprint density at radius 1 is 1.65 bits per heavy atom.